The van der Waals surface area contributed by atoms with Gasteiger partial charge in [0.2, 0.25) is 5.69 Å². The molecule has 0 unspecified atom stereocenters. The molecular weight excluding hydrogens is 344 g/mol. The molecule has 2 rings (SSSR count). The third kappa shape index (κ3) is 3.61. The highest BCUT2D eigenvalue weighted by atomic mass is 79.9. The maximum absolute atomic E-state index is 11.6. The van der Waals surface area contributed by atoms with Crippen molar-refractivity contribution in [2.75, 3.05) is 12.0 Å². The number of carbonyl (C=O) groups excluding carboxylic acids is 1. The average molecular weight is 355 g/mol. The van der Waals surface area contributed by atoms with Crippen LogP contribution in [0.4, 0.5) is 5.00 Å². The number of benzene rings is 1. The molecule has 1 aromatic heterocycles. The summed E-state index contributed by atoms with van der Waals surface area (Å²) in [4.78, 5) is 11.6. The van der Waals surface area contributed by atoms with Gasteiger partial charge in [-0.1, -0.05) is 38.6 Å². The van der Waals surface area contributed by atoms with Crippen molar-refractivity contribution in [3.05, 3.63) is 40.0 Å². The Morgan fingerprint density at radius 1 is 1.55 bits per heavy atom. The van der Waals surface area contributed by atoms with Gasteiger partial charge >= 0.3 is 5.97 Å². The molecule has 0 radical (unpaired) electrons. The van der Waals surface area contributed by atoms with E-state index in [4.69, 9.17) is 4.74 Å². The molecule has 0 aliphatic carbocycles. The van der Waals surface area contributed by atoms with Gasteiger partial charge in [0.15, 0.2) is 5.00 Å². The van der Waals surface area contributed by atoms with Gasteiger partial charge in [0.25, 0.3) is 0 Å². The minimum absolute atomic E-state index is 0.140. The Kier molecular flexibility index (Phi) is 5.19. The van der Waals surface area contributed by atoms with Crippen LogP contribution in [-0.2, 0) is 4.74 Å². The van der Waals surface area contributed by atoms with Crippen LogP contribution in [0.1, 0.15) is 23.0 Å². The van der Waals surface area contributed by atoms with Crippen molar-refractivity contribution in [1.82, 2.24) is 9.59 Å². The molecule has 0 atom stereocenters. The molecule has 8 heteroatoms. The first kappa shape index (κ1) is 14.6. The second kappa shape index (κ2) is 7.11. The number of hydrogen-bond donors (Lipinski definition) is 1. The van der Waals surface area contributed by atoms with Gasteiger partial charge in [-0.05, 0) is 13.0 Å². The molecule has 0 aliphatic rings. The summed E-state index contributed by atoms with van der Waals surface area (Å²) in [5, 5.41) is 8.24. The van der Waals surface area contributed by atoms with E-state index < -0.39 is 5.97 Å². The zero-order valence-corrected chi connectivity index (χ0v) is 12.9. The van der Waals surface area contributed by atoms with E-state index in [0.29, 0.717) is 5.00 Å². The van der Waals surface area contributed by atoms with Crippen LogP contribution < -0.4 is 5.43 Å². The van der Waals surface area contributed by atoms with Crippen molar-refractivity contribution in [3.8, 4) is 0 Å². The smallest absolute Gasteiger partial charge is 0.362 e. The second-order valence-electron chi connectivity index (χ2n) is 3.56. The predicted molar refractivity (Wildman–Crippen MR) is 81.2 cm³/mol. The predicted octanol–water partition coefficient (Wildman–Crippen LogP) is 2.92. The number of aromatic nitrogens is 2. The summed E-state index contributed by atoms with van der Waals surface area (Å²) in [6.45, 7) is 2.02. The lowest BCUT2D eigenvalue weighted by molar-refractivity contribution is 0.0520. The van der Waals surface area contributed by atoms with Crippen LogP contribution in [0.3, 0.4) is 0 Å². The number of nitrogens with one attached hydrogen (secondary N) is 1. The van der Waals surface area contributed by atoms with Crippen LogP contribution in [0.2, 0.25) is 0 Å². The fraction of sp³-hybridized carbons (Fsp3) is 0.167. The summed E-state index contributed by atoms with van der Waals surface area (Å²) in [5.41, 5.74) is 3.80. The number of nitrogens with zero attached hydrogens (tertiary/aromatic N) is 3. The van der Waals surface area contributed by atoms with Crippen LogP contribution in [0.25, 0.3) is 0 Å². The molecule has 0 amide bonds. The lowest BCUT2D eigenvalue weighted by Crippen LogP contribution is -2.07. The monoisotopic (exact) mass is 354 g/mol. The largest absolute Gasteiger partial charge is 0.461 e. The van der Waals surface area contributed by atoms with E-state index in [0.717, 1.165) is 21.6 Å². The van der Waals surface area contributed by atoms with Crippen LogP contribution in [0, 0.1) is 0 Å². The molecule has 0 aliphatic heterocycles. The molecule has 0 saturated carbocycles. The normalized spacial score (nSPS) is 10.7. The summed E-state index contributed by atoms with van der Waals surface area (Å²) in [6, 6.07) is 7.65. The Bertz CT molecular complexity index is 629. The molecule has 1 aromatic carbocycles. The standard InChI is InChI=1S/C12H11BrN4O2S/c1-2-19-12(18)10-11(20-17-15-10)16-14-7-8-5-3-4-6-9(8)13/h3-7,16H,2H2,1H3/b14-7-. The van der Waals surface area contributed by atoms with Crippen molar-refractivity contribution < 1.29 is 9.53 Å². The van der Waals surface area contributed by atoms with Crippen LogP contribution in [0.5, 0.6) is 0 Å². The van der Waals surface area contributed by atoms with E-state index in [-0.39, 0.29) is 12.3 Å². The lowest BCUT2D eigenvalue weighted by atomic mass is 10.2. The zero-order valence-electron chi connectivity index (χ0n) is 10.5. The topological polar surface area (TPSA) is 76.5 Å². The van der Waals surface area contributed by atoms with Gasteiger partial charge in [0, 0.05) is 21.6 Å². The number of esters is 1. The Balaban J connectivity index is 2.07. The van der Waals surface area contributed by atoms with E-state index in [1.54, 1.807) is 13.1 Å². The number of hydrogen-bond acceptors (Lipinski definition) is 7. The first-order valence-corrected chi connectivity index (χ1v) is 7.32. The number of anilines is 1. The molecule has 0 spiro atoms. The van der Waals surface area contributed by atoms with E-state index in [1.165, 1.54) is 0 Å². The van der Waals surface area contributed by atoms with E-state index in [2.05, 4.69) is 36.0 Å². The molecule has 20 heavy (non-hydrogen) atoms. The number of carbonyl (C=O) groups is 1. The quantitative estimate of drug-likeness (QED) is 0.507. The van der Waals surface area contributed by atoms with E-state index >= 15 is 0 Å². The third-order valence-electron chi connectivity index (χ3n) is 2.23. The third-order valence-corrected chi connectivity index (χ3v) is 3.58. The van der Waals surface area contributed by atoms with Crippen molar-refractivity contribution in [2.24, 2.45) is 5.10 Å². The molecule has 0 saturated heterocycles. The van der Waals surface area contributed by atoms with Crippen LogP contribution in [-0.4, -0.2) is 28.4 Å². The minimum atomic E-state index is -0.514. The Hall–Kier alpha value is -1.80. The fourth-order valence-corrected chi connectivity index (χ4v) is 2.23. The molecule has 0 fully saturated rings. The molecular formula is C12H11BrN4O2S. The molecule has 1 heterocycles. The van der Waals surface area contributed by atoms with E-state index in [1.807, 2.05) is 24.3 Å². The van der Waals surface area contributed by atoms with Crippen molar-refractivity contribution >= 4 is 44.6 Å². The Morgan fingerprint density at radius 3 is 3.10 bits per heavy atom. The zero-order chi connectivity index (χ0) is 14.4. The number of halogens is 1. The maximum Gasteiger partial charge on any atom is 0.362 e. The summed E-state index contributed by atoms with van der Waals surface area (Å²) >= 11 is 4.46. The molecule has 6 nitrogen and oxygen atoms in total. The second-order valence-corrected chi connectivity index (χ2v) is 5.17. The van der Waals surface area contributed by atoms with Gasteiger partial charge in [-0.25, -0.2) is 4.79 Å². The highest BCUT2D eigenvalue weighted by molar-refractivity contribution is 9.10. The number of rotatable bonds is 5. The average Bonchev–Trinajstić information content (AvgIpc) is 2.90. The fourth-order valence-electron chi connectivity index (χ4n) is 1.34. The Morgan fingerprint density at radius 2 is 2.35 bits per heavy atom. The highest BCUT2D eigenvalue weighted by Crippen LogP contribution is 2.19. The summed E-state index contributed by atoms with van der Waals surface area (Å²) in [5.74, 6) is -0.514. The van der Waals surface area contributed by atoms with Gasteiger partial charge < -0.3 is 4.74 Å². The van der Waals surface area contributed by atoms with E-state index in [9.17, 15) is 4.79 Å². The molecule has 0 bridgehead atoms. The summed E-state index contributed by atoms with van der Waals surface area (Å²) in [7, 11) is 0. The first-order chi connectivity index (χ1) is 9.72. The van der Waals surface area contributed by atoms with Crippen molar-refractivity contribution in [2.45, 2.75) is 6.92 Å². The molecule has 2 aromatic rings. The SMILES string of the molecule is CCOC(=O)c1nnsc1N/N=C\c1ccccc1Br. The van der Waals surface area contributed by atoms with Crippen molar-refractivity contribution in [3.63, 3.8) is 0 Å². The molecule has 104 valence electrons. The van der Waals surface area contributed by atoms with Gasteiger partial charge in [0.1, 0.15) is 0 Å². The van der Waals surface area contributed by atoms with Gasteiger partial charge in [0.05, 0.1) is 12.8 Å². The number of hydrazone groups is 1. The minimum Gasteiger partial charge on any atom is -0.461 e. The van der Waals surface area contributed by atoms with Gasteiger partial charge in [-0.2, -0.15) is 5.10 Å². The van der Waals surface area contributed by atoms with Gasteiger partial charge in [-0.3, -0.25) is 5.43 Å². The first-order valence-electron chi connectivity index (χ1n) is 5.75. The summed E-state index contributed by atoms with van der Waals surface area (Å²) < 4.78 is 9.52. The van der Waals surface area contributed by atoms with Crippen molar-refractivity contribution in [1.29, 1.82) is 0 Å². The van der Waals surface area contributed by atoms with Crippen LogP contribution >= 0.6 is 27.5 Å². The maximum atomic E-state index is 11.6. The lowest BCUT2D eigenvalue weighted by Gasteiger charge is -2.00. The number of ether oxygens (including phenoxy) is 1. The molecule has 1 N–H and O–H groups in total. The summed E-state index contributed by atoms with van der Waals surface area (Å²) in [6.07, 6.45) is 1.64. The Labute approximate surface area is 128 Å². The van der Waals surface area contributed by atoms with Crippen LogP contribution in [0.15, 0.2) is 33.8 Å². The highest BCUT2D eigenvalue weighted by Gasteiger charge is 2.17. The van der Waals surface area contributed by atoms with Gasteiger partial charge in [-0.15, -0.1) is 5.10 Å².